The van der Waals surface area contributed by atoms with Crippen LogP contribution in [0.5, 0.6) is 0 Å². The van der Waals surface area contributed by atoms with Gasteiger partial charge in [-0.15, -0.1) is 0 Å². The van der Waals surface area contributed by atoms with Gasteiger partial charge in [-0.05, 0) is 57.0 Å². The molecular weight excluding hydrogens is 338 g/mol. The molecule has 2 aromatic carbocycles. The zero-order valence-corrected chi connectivity index (χ0v) is 15.9. The summed E-state index contributed by atoms with van der Waals surface area (Å²) in [6.07, 6.45) is 1.76. The predicted octanol–water partition coefficient (Wildman–Crippen LogP) is 3.67. The molecule has 0 saturated carbocycles. The Bertz CT molecular complexity index is 791. The average Bonchev–Trinajstić information content (AvgIpc) is 2.70. The molecule has 5 heteroatoms. The molecular formula is C22H27N3O2. The van der Waals surface area contributed by atoms with Gasteiger partial charge in [0.05, 0.1) is 12.0 Å². The van der Waals surface area contributed by atoms with E-state index in [9.17, 15) is 9.59 Å². The first-order chi connectivity index (χ1) is 13.0. The Balaban J connectivity index is 1.59. The van der Waals surface area contributed by atoms with E-state index < -0.39 is 0 Å². The Morgan fingerprint density at radius 1 is 1.04 bits per heavy atom. The molecule has 2 aromatic rings. The Morgan fingerprint density at radius 3 is 2.48 bits per heavy atom. The minimum atomic E-state index is -0.281. The fourth-order valence-corrected chi connectivity index (χ4v) is 3.45. The first-order valence-corrected chi connectivity index (χ1v) is 9.51. The lowest BCUT2D eigenvalue weighted by Crippen LogP contribution is -2.49. The zero-order chi connectivity index (χ0) is 19.2. The fraction of sp³-hybridized carbons (Fsp3) is 0.364. The van der Waals surface area contributed by atoms with Gasteiger partial charge in [-0.1, -0.05) is 36.4 Å². The molecule has 27 heavy (non-hydrogen) atoms. The maximum Gasteiger partial charge on any atom is 0.241 e. The van der Waals surface area contributed by atoms with Crippen molar-refractivity contribution in [2.24, 2.45) is 5.92 Å². The number of hydrogen-bond donors (Lipinski definition) is 2. The number of carbonyl (C=O) groups excluding carboxylic acids is 2. The van der Waals surface area contributed by atoms with Crippen LogP contribution in [-0.4, -0.2) is 35.8 Å². The lowest BCUT2D eigenvalue weighted by molar-refractivity contribution is -0.125. The number of nitrogens with zero attached hydrogens (tertiary/aromatic N) is 1. The molecule has 0 aliphatic carbocycles. The van der Waals surface area contributed by atoms with Crippen molar-refractivity contribution >= 4 is 23.2 Å². The van der Waals surface area contributed by atoms with Crippen molar-refractivity contribution < 1.29 is 9.59 Å². The number of carbonyl (C=O) groups is 2. The Morgan fingerprint density at radius 2 is 1.74 bits per heavy atom. The van der Waals surface area contributed by atoms with Gasteiger partial charge in [0.25, 0.3) is 0 Å². The van der Waals surface area contributed by atoms with E-state index in [2.05, 4.69) is 15.5 Å². The van der Waals surface area contributed by atoms with E-state index in [0.717, 1.165) is 36.3 Å². The molecule has 2 amide bonds. The van der Waals surface area contributed by atoms with Gasteiger partial charge in [0, 0.05) is 17.9 Å². The minimum Gasteiger partial charge on any atom is -0.326 e. The van der Waals surface area contributed by atoms with Crippen LogP contribution in [0.3, 0.4) is 0 Å². The van der Waals surface area contributed by atoms with Crippen LogP contribution < -0.4 is 10.6 Å². The number of hydrogen-bond acceptors (Lipinski definition) is 3. The van der Waals surface area contributed by atoms with Gasteiger partial charge in [0.2, 0.25) is 11.8 Å². The first kappa shape index (κ1) is 19.1. The molecule has 2 N–H and O–H groups in total. The van der Waals surface area contributed by atoms with Gasteiger partial charge in [-0.2, -0.15) is 0 Å². The van der Waals surface area contributed by atoms with Crippen LogP contribution in [0.4, 0.5) is 11.4 Å². The molecule has 0 radical (unpaired) electrons. The standard InChI is InChI=1S/C22H27N3O2/c1-16-9-6-7-13-20(16)24-21(26)17(2)25-14-8-10-18(15-25)22(27)23-19-11-4-3-5-12-19/h3-7,9,11-13,17-18H,8,10,14-15H2,1-2H3,(H,23,27)(H,24,26)/t17-,18+/m0/s1. The highest BCUT2D eigenvalue weighted by Crippen LogP contribution is 2.21. The summed E-state index contributed by atoms with van der Waals surface area (Å²) in [4.78, 5) is 27.4. The largest absolute Gasteiger partial charge is 0.326 e. The summed E-state index contributed by atoms with van der Waals surface area (Å²) in [5.41, 5.74) is 2.69. The summed E-state index contributed by atoms with van der Waals surface area (Å²) in [6.45, 7) is 5.31. The zero-order valence-electron chi connectivity index (χ0n) is 15.9. The van der Waals surface area contributed by atoms with Crippen molar-refractivity contribution in [2.75, 3.05) is 23.7 Å². The van der Waals surface area contributed by atoms with Crippen molar-refractivity contribution in [1.29, 1.82) is 0 Å². The van der Waals surface area contributed by atoms with E-state index in [1.54, 1.807) is 0 Å². The van der Waals surface area contributed by atoms with Gasteiger partial charge in [0.1, 0.15) is 0 Å². The number of piperidine rings is 1. The van der Waals surface area contributed by atoms with E-state index in [4.69, 9.17) is 0 Å². The molecule has 0 aromatic heterocycles. The second kappa shape index (κ2) is 8.82. The van der Waals surface area contributed by atoms with Gasteiger partial charge in [0.15, 0.2) is 0 Å². The summed E-state index contributed by atoms with van der Waals surface area (Å²) in [5.74, 6) is -0.113. The number of para-hydroxylation sites is 2. The van der Waals surface area contributed by atoms with Gasteiger partial charge in [-0.25, -0.2) is 0 Å². The van der Waals surface area contributed by atoms with Crippen molar-refractivity contribution in [2.45, 2.75) is 32.7 Å². The third kappa shape index (κ3) is 4.95. The maximum atomic E-state index is 12.7. The number of amides is 2. The number of benzene rings is 2. The lowest BCUT2D eigenvalue weighted by atomic mass is 9.95. The Hall–Kier alpha value is -2.66. The topological polar surface area (TPSA) is 61.4 Å². The SMILES string of the molecule is Cc1ccccc1NC(=O)[C@H](C)N1CCC[C@@H](C(=O)Nc2ccccc2)C1. The van der Waals surface area contributed by atoms with Crippen LogP contribution in [0.25, 0.3) is 0 Å². The molecule has 1 fully saturated rings. The Labute approximate surface area is 160 Å². The molecule has 142 valence electrons. The highest BCUT2D eigenvalue weighted by molar-refractivity contribution is 5.95. The smallest absolute Gasteiger partial charge is 0.241 e. The molecule has 1 aliphatic heterocycles. The van der Waals surface area contributed by atoms with Crippen LogP contribution >= 0.6 is 0 Å². The van der Waals surface area contributed by atoms with Gasteiger partial charge >= 0.3 is 0 Å². The fourth-order valence-electron chi connectivity index (χ4n) is 3.45. The van der Waals surface area contributed by atoms with E-state index in [1.165, 1.54) is 0 Å². The van der Waals surface area contributed by atoms with Crippen LogP contribution in [0.15, 0.2) is 54.6 Å². The second-order valence-corrected chi connectivity index (χ2v) is 7.17. The normalized spacial score (nSPS) is 18.5. The molecule has 0 unspecified atom stereocenters. The monoisotopic (exact) mass is 365 g/mol. The van der Waals surface area contributed by atoms with Crippen LogP contribution in [-0.2, 0) is 9.59 Å². The molecule has 2 atom stereocenters. The summed E-state index contributed by atoms with van der Waals surface area (Å²) < 4.78 is 0. The number of nitrogens with one attached hydrogen (secondary N) is 2. The van der Waals surface area contributed by atoms with Crippen molar-refractivity contribution in [3.63, 3.8) is 0 Å². The van der Waals surface area contributed by atoms with Crippen LogP contribution in [0, 0.1) is 12.8 Å². The first-order valence-electron chi connectivity index (χ1n) is 9.51. The molecule has 1 heterocycles. The van der Waals surface area contributed by atoms with Gasteiger partial charge in [-0.3, -0.25) is 14.5 Å². The quantitative estimate of drug-likeness (QED) is 0.850. The molecule has 1 saturated heterocycles. The number of likely N-dealkylation sites (tertiary alicyclic amines) is 1. The predicted molar refractivity (Wildman–Crippen MR) is 109 cm³/mol. The molecule has 1 aliphatic rings. The van der Waals surface area contributed by atoms with Gasteiger partial charge < -0.3 is 10.6 Å². The third-order valence-electron chi connectivity index (χ3n) is 5.20. The minimum absolute atomic E-state index is 0.0254. The van der Waals surface area contributed by atoms with E-state index in [-0.39, 0.29) is 23.8 Å². The highest BCUT2D eigenvalue weighted by atomic mass is 16.2. The average molecular weight is 365 g/mol. The summed E-state index contributed by atoms with van der Waals surface area (Å²) in [7, 11) is 0. The second-order valence-electron chi connectivity index (χ2n) is 7.17. The number of rotatable bonds is 5. The van der Waals surface area contributed by atoms with Crippen molar-refractivity contribution in [1.82, 2.24) is 4.90 Å². The maximum absolute atomic E-state index is 12.7. The Kier molecular flexibility index (Phi) is 6.24. The third-order valence-corrected chi connectivity index (χ3v) is 5.20. The van der Waals surface area contributed by atoms with E-state index in [1.807, 2.05) is 68.4 Å². The van der Waals surface area contributed by atoms with Crippen LogP contribution in [0.2, 0.25) is 0 Å². The highest BCUT2D eigenvalue weighted by Gasteiger charge is 2.31. The molecule has 5 nitrogen and oxygen atoms in total. The van der Waals surface area contributed by atoms with E-state index in [0.29, 0.717) is 6.54 Å². The molecule has 3 rings (SSSR count). The van der Waals surface area contributed by atoms with Crippen molar-refractivity contribution in [3.05, 3.63) is 60.2 Å². The molecule has 0 bridgehead atoms. The number of anilines is 2. The van der Waals surface area contributed by atoms with Crippen LogP contribution in [0.1, 0.15) is 25.3 Å². The van der Waals surface area contributed by atoms with Crippen molar-refractivity contribution in [3.8, 4) is 0 Å². The van der Waals surface area contributed by atoms with E-state index >= 15 is 0 Å². The summed E-state index contributed by atoms with van der Waals surface area (Å²) >= 11 is 0. The summed E-state index contributed by atoms with van der Waals surface area (Å²) in [6, 6.07) is 17.0. The summed E-state index contributed by atoms with van der Waals surface area (Å²) in [5, 5.41) is 5.99. The lowest BCUT2D eigenvalue weighted by Gasteiger charge is -2.35. The number of aryl methyl sites for hydroxylation is 1. The molecule has 0 spiro atoms.